The lowest BCUT2D eigenvalue weighted by atomic mass is 10.1. The zero-order valence-corrected chi connectivity index (χ0v) is 8.87. The van der Waals surface area contributed by atoms with Crippen molar-refractivity contribution < 1.29 is 18.8 Å². The topological polar surface area (TPSA) is 63.3 Å². The third kappa shape index (κ3) is 5.88. The molecule has 0 spiro atoms. The van der Waals surface area contributed by atoms with E-state index in [1.807, 2.05) is 0 Å². The highest BCUT2D eigenvalue weighted by Gasteiger charge is 2.15. The first-order valence-electron chi connectivity index (χ1n) is 4.75. The van der Waals surface area contributed by atoms with E-state index in [1.165, 1.54) is 0 Å². The van der Waals surface area contributed by atoms with Gasteiger partial charge >= 0.3 is 5.97 Å². The average Bonchev–Trinajstić information content (AvgIpc) is 2.12. The van der Waals surface area contributed by atoms with Gasteiger partial charge in [-0.15, -0.1) is 0 Å². The van der Waals surface area contributed by atoms with Gasteiger partial charge in [0.1, 0.15) is 6.04 Å². The molecule has 0 amide bonds. The van der Waals surface area contributed by atoms with Crippen molar-refractivity contribution in [2.24, 2.45) is 5.73 Å². The lowest BCUT2D eigenvalue weighted by molar-refractivity contribution is -0.902. The molecule has 0 heterocycles. The summed E-state index contributed by atoms with van der Waals surface area (Å²) in [5.41, 5.74) is 5.32. The third-order valence-corrected chi connectivity index (χ3v) is 2.17. The molecule has 1 unspecified atom stereocenters. The van der Waals surface area contributed by atoms with E-state index in [4.69, 9.17) is 10.8 Å². The van der Waals surface area contributed by atoms with Gasteiger partial charge in [-0.05, 0) is 19.3 Å². The first-order chi connectivity index (χ1) is 6.39. The van der Waals surface area contributed by atoms with Gasteiger partial charge < -0.3 is 15.3 Å². The van der Waals surface area contributed by atoms with E-state index in [9.17, 15) is 9.18 Å². The number of carboxylic acids is 1. The van der Waals surface area contributed by atoms with E-state index < -0.39 is 18.8 Å². The molecular formula is C9H20FN2O2+. The number of nitrogens with two attached hydrogens (primary N) is 1. The highest BCUT2D eigenvalue weighted by atomic mass is 19.1. The summed E-state index contributed by atoms with van der Waals surface area (Å²) in [6.45, 7) is 0.313. The maximum absolute atomic E-state index is 12.3. The predicted octanol–water partition coefficient (Wildman–Crippen LogP) is 0.572. The molecule has 0 aromatic heterocycles. The van der Waals surface area contributed by atoms with Crippen molar-refractivity contribution >= 4 is 5.97 Å². The van der Waals surface area contributed by atoms with Crippen LogP contribution in [0.2, 0.25) is 0 Å². The molecule has 0 rings (SSSR count). The monoisotopic (exact) mass is 207 g/mol. The number of hydrogen-bond acceptors (Lipinski definition) is 2. The Morgan fingerprint density at radius 3 is 2.50 bits per heavy atom. The van der Waals surface area contributed by atoms with E-state index in [0.29, 0.717) is 17.4 Å². The Morgan fingerprint density at radius 2 is 2.07 bits per heavy atom. The van der Waals surface area contributed by atoms with Crippen LogP contribution < -0.4 is 5.73 Å². The van der Waals surface area contributed by atoms with Crippen LogP contribution in [0.4, 0.5) is 4.39 Å². The molecule has 0 saturated heterocycles. The molecule has 84 valence electrons. The number of alkyl halides is 1. The number of hydrogen-bond donors (Lipinski definition) is 2. The molecule has 0 aromatic carbocycles. The van der Waals surface area contributed by atoms with Crippen molar-refractivity contribution in [2.75, 3.05) is 27.4 Å². The number of quaternary nitrogens is 1. The Bertz CT molecular complexity index is 186. The second-order valence-electron chi connectivity index (χ2n) is 4.22. The summed E-state index contributed by atoms with van der Waals surface area (Å²) in [6.07, 6.45) is 1.99. The van der Waals surface area contributed by atoms with Crippen molar-refractivity contribution in [1.82, 2.24) is 0 Å². The minimum atomic E-state index is -0.968. The quantitative estimate of drug-likeness (QED) is 0.364. The summed E-state index contributed by atoms with van der Waals surface area (Å²) in [5, 5.41) is 8.50. The molecule has 5 heteroatoms. The Balaban J connectivity index is 3.52. The molecule has 0 aromatic rings. The van der Waals surface area contributed by atoms with Gasteiger partial charge in [-0.25, -0.2) is 0 Å². The lowest BCUT2D eigenvalue weighted by Gasteiger charge is -2.25. The maximum atomic E-state index is 12.3. The summed E-state index contributed by atoms with van der Waals surface area (Å²) >= 11 is 0. The number of carboxylic acid groups (broad SMARTS) is 1. The Hall–Kier alpha value is -0.680. The molecule has 0 fully saturated rings. The molecule has 0 aliphatic heterocycles. The first kappa shape index (κ1) is 13.3. The summed E-state index contributed by atoms with van der Waals surface area (Å²) in [4.78, 5) is 10.4. The van der Waals surface area contributed by atoms with Gasteiger partial charge in [0.05, 0.1) is 20.6 Å². The smallest absolute Gasteiger partial charge is 0.320 e. The van der Waals surface area contributed by atoms with Crippen molar-refractivity contribution in [3.8, 4) is 0 Å². The standard InChI is InChI=1S/C9H19FN2O2/c1-12(2,7-10)6-4-3-5-8(11)9(13)14/h8H,3-7,11H2,1-2H3/p+1. The van der Waals surface area contributed by atoms with Crippen LogP contribution in [0.25, 0.3) is 0 Å². The summed E-state index contributed by atoms with van der Waals surface area (Å²) in [6, 6.07) is -0.781. The minimum Gasteiger partial charge on any atom is -0.480 e. The van der Waals surface area contributed by atoms with Crippen LogP contribution in [0.15, 0.2) is 0 Å². The van der Waals surface area contributed by atoms with E-state index in [2.05, 4.69) is 0 Å². The van der Waals surface area contributed by atoms with Gasteiger partial charge in [-0.1, -0.05) is 0 Å². The number of rotatable bonds is 7. The Morgan fingerprint density at radius 1 is 1.50 bits per heavy atom. The van der Waals surface area contributed by atoms with Gasteiger partial charge in [0.2, 0.25) is 6.80 Å². The van der Waals surface area contributed by atoms with Gasteiger partial charge in [0.15, 0.2) is 0 Å². The van der Waals surface area contributed by atoms with Gasteiger partial charge in [-0.2, -0.15) is 4.39 Å². The SMILES string of the molecule is C[N+](C)(CF)CCCCC(N)C(=O)O. The van der Waals surface area contributed by atoms with E-state index in [-0.39, 0.29) is 0 Å². The third-order valence-electron chi connectivity index (χ3n) is 2.17. The van der Waals surface area contributed by atoms with Crippen LogP contribution in [0.5, 0.6) is 0 Å². The van der Waals surface area contributed by atoms with Crippen LogP contribution >= 0.6 is 0 Å². The molecule has 0 radical (unpaired) electrons. The fraction of sp³-hybridized carbons (Fsp3) is 0.889. The van der Waals surface area contributed by atoms with Crippen molar-refractivity contribution in [2.45, 2.75) is 25.3 Å². The van der Waals surface area contributed by atoms with E-state index >= 15 is 0 Å². The summed E-state index contributed by atoms with van der Waals surface area (Å²) < 4.78 is 12.7. The van der Waals surface area contributed by atoms with Crippen LogP contribution in [0.1, 0.15) is 19.3 Å². The number of carbonyl (C=O) groups is 1. The highest BCUT2D eigenvalue weighted by molar-refractivity contribution is 5.72. The van der Waals surface area contributed by atoms with E-state index in [1.54, 1.807) is 14.1 Å². The van der Waals surface area contributed by atoms with Crippen LogP contribution in [0.3, 0.4) is 0 Å². The number of halogens is 1. The fourth-order valence-electron chi connectivity index (χ4n) is 1.09. The molecule has 3 N–H and O–H groups in total. The molecule has 1 atom stereocenters. The molecular weight excluding hydrogens is 187 g/mol. The summed E-state index contributed by atoms with van der Waals surface area (Å²) in [7, 11) is 3.61. The van der Waals surface area contributed by atoms with Crippen LogP contribution in [-0.4, -0.2) is 49.0 Å². The van der Waals surface area contributed by atoms with Gasteiger partial charge in [0, 0.05) is 0 Å². The minimum absolute atomic E-state index is 0.322. The molecule has 0 bridgehead atoms. The molecule has 14 heavy (non-hydrogen) atoms. The molecule has 4 nitrogen and oxygen atoms in total. The molecule has 0 saturated carbocycles. The lowest BCUT2D eigenvalue weighted by Crippen LogP contribution is -2.39. The van der Waals surface area contributed by atoms with Gasteiger partial charge in [-0.3, -0.25) is 4.79 Å². The Labute approximate surface area is 84.1 Å². The average molecular weight is 207 g/mol. The summed E-state index contributed by atoms with van der Waals surface area (Å²) in [5.74, 6) is -0.968. The van der Waals surface area contributed by atoms with E-state index in [0.717, 1.165) is 12.8 Å². The predicted molar refractivity (Wildman–Crippen MR) is 52.4 cm³/mol. The van der Waals surface area contributed by atoms with Crippen molar-refractivity contribution in [3.63, 3.8) is 0 Å². The molecule has 0 aliphatic carbocycles. The maximum Gasteiger partial charge on any atom is 0.320 e. The second-order valence-corrected chi connectivity index (χ2v) is 4.22. The number of aliphatic carboxylic acids is 1. The fourth-order valence-corrected chi connectivity index (χ4v) is 1.09. The number of nitrogens with zero attached hydrogens (tertiary/aromatic N) is 1. The van der Waals surface area contributed by atoms with Gasteiger partial charge in [0.25, 0.3) is 0 Å². The van der Waals surface area contributed by atoms with Crippen LogP contribution in [0, 0.1) is 0 Å². The molecule has 0 aliphatic rings. The second kappa shape index (κ2) is 5.93. The Kier molecular flexibility index (Phi) is 5.64. The normalized spacial score (nSPS) is 14.0. The largest absolute Gasteiger partial charge is 0.480 e. The van der Waals surface area contributed by atoms with Crippen molar-refractivity contribution in [1.29, 1.82) is 0 Å². The first-order valence-corrected chi connectivity index (χ1v) is 4.75. The van der Waals surface area contributed by atoms with Crippen molar-refractivity contribution in [3.05, 3.63) is 0 Å². The zero-order valence-electron chi connectivity index (χ0n) is 8.87. The number of unbranched alkanes of at least 4 members (excludes halogenated alkanes) is 1. The van der Waals surface area contributed by atoms with Crippen LogP contribution in [-0.2, 0) is 4.79 Å². The highest BCUT2D eigenvalue weighted by Crippen LogP contribution is 2.05. The zero-order chi connectivity index (χ0) is 11.2.